The average Bonchev–Trinajstić information content (AvgIpc) is 3.25. The highest BCUT2D eigenvalue weighted by Gasteiger charge is 2.53. The number of halogens is 1. The number of fused-ring (bicyclic) bond motifs is 1. The average molecular weight is 405 g/mol. The Balaban J connectivity index is 1.72. The van der Waals surface area contributed by atoms with Crippen molar-refractivity contribution in [3.05, 3.63) is 53.4 Å². The number of anilines is 1. The molecule has 1 aromatic carbocycles. The van der Waals surface area contributed by atoms with Gasteiger partial charge in [-0.2, -0.15) is 0 Å². The van der Waals surface area contributed by atoms with Crippen LogP contribution in [-0.2, 0) is 10.3 Å². The largest absolute Gasteiger partial charge is 0.387 e. The van der Waals surface area contributed by atoms with Crippen LogP contribution in [0.4, 0.5) is 5.82 Å². The molecule has 0 bridgehead atoms. The molecule has 9 heteroatoms. The van der Waals surface area contributed by atoms with Crippen molar-refractivity contribution in [2.24, 2.45) is 0 Å². The van der Waals surface area contributed by atoms with Crippen molar-refractivity contribution in [2.75, 3.05) is 5.73 Å². The molecule has 0 spiro atoms. The molecule has 0 amide bonds. The zero-order valence-electron chi connectivity index (χ0n) is 15.1. The van der Waals surface area contributed by atoms with Crippen LogP contribution in [0.2, 0.25) is 5.02 Å². The van der Waals surface area contributed by atoms with Crippen LogP contribution in [0.1, 0.15) is 25.1 Å². The molecule has 1 fully saturated rings. The second-order valence-corrected chi connectivity index (χ2v) is 7.37. The van der Waals surface area contributed by atoms with Crippen LogP contribution < -0.4 is 5.73 Å². The summed E-state index contributed by atoms with van der Waals surface area (Å²) in [5.41, 5.74) is 5.36. The number of nitrogen functional groups attached to an aromatic ring is 1. The van der Waals surface area contributed by atoms with Gasteiger partial charge in [0.1, 0.15) is 41.7 Å². The van der Waals surface area contributed by atoms with Crippen LogP contribution >= 0.6 is 11.6 Å². The fourth-order valence-electron chi connectivity index (χ4n) is 3.79. The van der Waals surface area contributed by atoms with Gasteiger partial charge in [-0.05, 0) is 30.2 Å². The Kier molecular flexibility index (Phi) is 4.76. The molecule has 2 aromatic heterocycles. The van der Waals surface area contributed by atoms with Crippen molar-refractivity contribution in [2.45, 2.75) is 43.5 Å². The molecule has 0 saturated carbocycles. The zero-order valence-corrected chi connectivity index (χ0v) is 15.9. The van der Waals surface area contributed by atoms with Crippen LogP contribution in [-0.4, -0.2) is 48.2 Å². The van der Waals surface area contributed by atoms with E-state index in [4.69, 9.17) is 22.1 Å². The van der Waals surface area contributed by atoms with Crippen LogP contribution in [0.5, 0.6) is 0 Å². The Labute approximate surface area is 166 Å². The lowest BCUT2D eigenvalue weighted by atomic mass is 9.83. The molecule has 1 aliphatic rings. The van der Waals surface area contributed by atoms with Crippen molar-refractivity contribution in [1.29, 1.82) is 0 Å². The van der Waals surface area contributed by atoms with E-state index in [1.165, 1.54) is 6.33 Å². The number of nitrogens with two attached hydrogens (primary N) is 1. The smallest absolute Gasteiger partial charge is 0.164 e. The molecule has 1 saturated heterocycles. The van der Waals surface area contributed by atoms with Gasteiger partial charge in [0, 0.05) is 11.2 Å². The van der Waals surface area contributed by atoms with E-state index in [9.17, 15) is 15.3 Å². The highest BCUT2D eigenvalue weighted by atomic mass is 35.5. The third-order valence-electron chi connectivity index (χ3n) is 5.41. The maximum Gasteiger partial charge on any atom is 0.164 e. The van der Waals surface area contributed by atoms with Crippen LogP contribution in [0.25, 0.3) is 11.0 Å². The minimum Gasteiger partial charge on any atom is -0.387 e. The van der Waals surface area contributed by atoms with E-state index in [2.05, 4.69) is 9.97 Å². The molecule has 2 unspecified atom stereocenters. The van der Waals surface area contributed by atoms with E-state index in [-0.39, 0.29) is 6.42 Å². The fraction of sp³-hybridized carbons (Fsp3) is 0.368. The summed E-state index contributed by atoms with van der Waals surface area (Å²) in [7, 11) is 0. The topological polar surface area (TPSA) is 127 Å². The second-order valence-electron chi connectivity index (χ2n) is 6.93. The van der Waals surface area contributed by atoms with Crippen molar-refractivity contribution in [3.8, 4) is 0 Å². The Morgan fingerprint density at radius 2 is 1.89 bits per heavy atom. The molecule has 4 rings (SSSR count). The first-order chi connectivity index (χ1) is 13.4. The zero-order chi connectivity index (χ0) is 20.1. The van der Waals surface area contributed by atoms with Gasteiger partial charge in [0.05, 0.1) is 5.39 Å². The van der Waals surface area contributed by atoms with E-state index in [1.54, 1.807) is 48.0 Å². The number of rotatable bonds is 4. The lowest BCUT2D eigenvalue weighted by molar-refractivity contribution is -0.146. The molecule has 5 N–H and O–H groups in total. The summed E-state index contributed by atoms with van der Waals surface area (Å²) in [6.45, 7) is 1.78. The van der Waals surface area contributed by atoms with E-state index >= 15 is 0 Å². The quantitative estimate of drug-likeness (QED) is 0.520. The summed E-state index contributed by atoms with van der Waals surface area (Å²) < 4.78 is 7.58. The first kappa shape index (κ1) is 19.1. The predicted octanol–water partition coefficient (Wildman–Crippen LogP) is 1.58. The minimum atomic E-state index is -1.52. The van der Waals surface area contributed by atoms with Gasteiger partial charge >= 0.3 is 0 Å². The Morgan fingerprint density at radius 3 is 2.57 bits per heavy atom. The SMILES string of the molecule is CCC(O)(c1ccc(Cl)cc1)C1O[C@@H](n2ccc3c(N)ncnc32)[C@H](O)[C@@H]1O. The second kappa shape index (κ2) is 6.98. The highest BCUT2D eigenvalue weighted by Crippen LogP contribution is 2.42. The molecule has 8 nitrogen and oxygen atoms in total. The van der Waals surface area contributed by atoms with Gasteiger partial charge in [0.2, 0.25) is 0 Å². The third kappa shape index (κ3) is 2.85. The Hall–Kier alpha value is -2.23. The molecule has 28 heavy (non-hydrogen) atoms. The Bertz CT molecular complexity index is 995. The number of hydrogen-bond acceptors (Lipinski definition) is 7. The van der Waals surface area contributed by atoms with Gasteiger partial charge in [0.15, 0.2) is 6.23 Å². The summed E-state index contributed by atoms with van der Waals surface area (Å²) in [6.07, 6.45) is -1.36. The van der Waals surface area contributed by atoms with Crippen LogP contribution in [0.3, 0.4) is 0 Å². The van der Waals surface area contributed by atoms with Crippen molar-refractivity contribution in [1.82, 2.24) is 14.5 Å². The number of aliphatic hydroxyl groups excluding tert-OH is 2. The molecule has 3 heterocycles. The fourth-order valence-corrected chi connectivity index (χ4v) is 3.91. The van der Waals surface area contributed by atoms with E-state index < -0.39 is 30.1 Å². The predicted molar refractivity (Wildman–Crippen MR) is 104 cm³/mol. The maximum atomic E-state index is 11.3. The number of aromatic nitrogens is 3. The summed E-state index contributed by atoms with van der Waals surface area (Å²) in [5.74, 6) is 0.305. The van der Waals surface area contributed by atoms with Crippen LogP contribution in [0.15, 0.2) is 42.9 Å². The lowest BCUT2D eigenvalue weighted by Crippen LogP contribution is -2.46. The van der Waals surface area contributed by atoms with Gasteiger partial charge in [-0.3, -0.25) is 0 Å². The van der Waals surface area contributed by atoms with Gasteiger partial charge < -0.3 is 30.4 Å². The summed E-state index contributed by atoms with van der Waals surface area (Å²) in [6, 6.07) is 8.39. The third-order valence-corrected chi connectivity index (χ3v) is 5.66. The number of nitrogens with zero attached hydrogens (tertiary/aromatic N) is 3. The summed E-state index contributed by atoms with van der Waals surface area (Å²) in [5, 5.41) is 33.9. The van der Waals surface area contributed by atoms with Gasteiger partial charge in [0.25, 0.3) is 0 Å². The molecular weight excluding hydrogens is 384 g/mol. The van der Waals surface area contributed by atoms with E-state index in [0.29, 0.717) is 27.4 Å². The summed E-state index contributed by atoms with van der Waals surface area (Å²) >= 11 is 5.95. The normalized spacial score (nSPS) is 27.2. The molecule has 1 aliphatic heterocycles. The van der Waals surface area contributed by atoms with E-state index in [1.807, 2.05) is 0 Å². The molecule has 0 aliphatic carbocycles. The molecule has 148 valence electrons. The van der Waals surface area contributed by atoms with E-state index in [0.717, 1.165) is 0 Å². The van der Waals surface area contributed by atoms with Gasteiger partial charge in [-0.15, -0.1) is 0 Å². The Morgan fingerprint density at radius 1 is 1.18 bits per heavy atom. The first-order valence-corrected chi connectivity index (χ1v) is 9.31. The number of benzene rings is 1. The standard InChI is InChI=1S/C19H21ClN4O4/c1-2-19(27,10-3-5-11(20)6-4-10)15-13(25)14(26)18(28-15)24-8-7-12-16(21)22-9-23-17(12)24/h3-9,13-15,18,25-27H,2H2,1H3,(H2,21,22,23)/t13-,14+,15?,18+,19?/m0/s1. The van der Waals surface area contributed by atoms with Crippen LogP contribution in [0, 0.1) is 0 Å². The van der Waals surface area contributed by atoms with Gasteiger partial charge in [-0.25, -0.2) is 9.97 Å². The lowest BCUT2D eigenvalue weighted by Gasteiger charge is -2.34. The monoisotopic (exact) mass is 404 g/mol. The number of hydrogen-bond donors (Lipinski definition) is 4. The molecule has 0 radical (unpaired) electrons. The summed E-state index contributed by atoms with van der Waals surface area (Å²) in [4.78, 5) is 8.15. The first-order valence-electron chi connectivity index (χ1n) is 8.94. The number of aliphatic hydroxyl groups is 3. The van der Waals surface area contributed by atoms with Crippen molar-refractivity contribution >= 4 is 28.5 Å². The maximum absolute atomic E-state index is 11.3. The van der Waals surface area contributed by atoms with Crippen molar-refractivity contribution < 1.29 is 20.1 Å². The minimum absolute atomic E-state index is 0.261. The van der Waals surface area contributed by atoms with Crippen molar-refractivity contribution in [3.63, 3.8) is 0 Å². The highest BCUT2D eigenvalue weighted by molar-refractivity contribution is 6.30. The van der Waals surface area contributed by atoms with Gasteiger partial charge in [-0.1, -0.05) is 30.7 Å². The molecule has 5 atom stereocenters. The molecule has 3 aromatic rings. The number of ether oxygens (including phenoxy) is 1. The molecular formula is C19H21ClN4O4.